The Hall–Kier alpha value is -2.36. The summed E-state index contributed by atoms with van der Waals surface area (Å²) >= 11 is 2.09. The fourth-order valence-corrected chi connectivity index (χ4v) is 7.37. The van der Waals surface area contributed by atoms with E-state index in [4.69, 9.17) is 9.84 Å². The minimum Gasteiger partial charge on any atom is -0.497 e. The summed E-state index contributed by atoms with van der Waals surface area (Å²) in [6.07, 6.45) is 11.8. The predicted molar refractivity (Wildman–Crippen MR) is 165 cm³/mol. The molecule has 3 N–H and O–H groups in total. The topological polar surface area (TPSA) is 112 Å². The summed E-state index contributed by atoms with van der Waals surface area (Å²) in [6, 6.07) is 8.14. The second-order valence-corrected chi connectivity index (χ2v) is 13.2. The third kappa shape index (κ3) is 10.8. The van der Waals surface area contributed by atoms with Crippen LogP contribution >= 0.6 is 11.8 Å². The van der Waals surface area contributed by atoms with Crippen molar-refractivity contribution in [1.29, 1.82) is 0 Å². The number of benzene rings is 1. The minimum atomic E-state index is -0.672. The van der Waals surface area contributed by atoms with Crippen molar-refractivity contribution in [1.82, 2.24) is 15.2 Å². The van der Waals surface area contributed by atoms with Gasteiger partial charge in [-0.05, 0) is 119 Å². The van der Waals surface area contributed by atoms with E-state index in [0.29, 0.717) is 24.7 Å². The van der Waals surface area contributed by atoms with Crippen LogP contribution in [0.25, 0.3) is 10.9 Å². The van der Waals surface area contributed by atoms with Gasteiger partial charge >= 0.3 is 11.9 Å². The first-order valence-electron chi connectivity index (χ1n) is 15.3. The SMILES string of the molecule is COc1ccc2nccc(CCC[C@@H]3CCN(CCSC4CC4)C[C@@H]3CC(=O)O)c2c1.O=C(O)CC1CCCNC1. The van der Waals surface area contributed by atoms with E-state index in [1.165, 1.54) is 24.2 Å². The Morgan fingerprint density at radius 3 is 2.63 bits per heavy atom. The zero-order valence-electron chi connectivity index (χ0n) is 24.4. The molecule has 8 nitrogen and oxygen atoms in total. The molecule has 3 fully saturated rings. The number of piperidine rings is 2. The van der Waals surface area contributed by atoms with Gasteiger partial charge in [-0.3, -0.25) is 14.6 Å². The molecule has 1 aromatic heterocycles. The van der Waals surface area contributed by atoms with Gasteiger partial charge in [-0.2, -0.15) is 11.8 Å². The van der Waals surface area contributed by atoms with Gasteiger partial charge in [0, 0.05) is 48.5 Å². The van der Waals surface area contributed by atoms with Crippen molar-refractivity contribution in [3.05, 3.63) is 36.0 Å². The number of pyridine rings is 1. The summed E-state index contributed by atoms with van der Waals surface area (Å²) in [6.45, 7) is 5.09. The molecule has 1 saturated carbocycles. The second kappa shape index (κ2) is 16.3. The Balaban J connectivity index is 0.000000328. The summed E-state index contributed by atoms with van der Waals surface area (Å²) in [4.78, 5) is 28.7. The second-order valence-electron chi connectivity index (χ2n) is 11.8. The van der Waals surface area contributed by atoms with Crippen molar-refractivity contribution < 1.29 is 24.5 Å². The van der Waals surface area contributed by atoms with Crippen molar-refractivity contribution in [3.8, 4) is 5.75 Å². The van der Waals surface area contributed by atoms with E-state index in [1.807, 2.05) is 18.3 Å². The monoisotopic (exact) mass is 585 g/mol. The maximum atomic E-state index is 11.5. The number of likely N-dealkylation sites (tertiary alicyclic amines) is 1. The number of ether oxygens (including phenoxy) is 1. The largest absolute Gasteiger partial charge is 0.497 e. The quantitative estimate of drug-likeness (QED) is 0.287. The van der Waals surface area contributed by atoms with Gasteiger partial charge in [0.1, 0.15) is 5.75 Å². The van der Waals surface area contributed by atoms with E-state index in [2.05, 4.69) is 39.1 Å². The van der Waals surface area contributed by atoms with Gasteiger partial charge in [0.25, 0.3) is 0 Å². The van der Waals surface area contributed by atoms with Crippen LogP contribution in [0.3, 0.4) is 0 Å². The average Bonchev–Trinajstić information content (AvgIpc) is 3.79. The molecule has 9 heteroatoms. The number of fused-ring (bicyclic) bond motifs is 1. The number of aryl methyl sites for hydroxylation is 1. The van der Waals surface area contributed by atoms with E-state index in [1.54, 1.807) is 7.11 Å². The number of hydrogen-bond donors (Lipinski definition) is 3. The molecule has 0 radical (unpaired) electrons. The summed E-state index contributed by atoms with van der Waals surface area (Å²) < 4.78 is 5.39. The van der Waals surface area contributed by atoms with Crippen LogP contribution in [0.15, 0.2) is 30.5 Å². The number of carboxylic acids is 2. The summed E-state index contributed by atoms with van der Waals surface area (Å²) in [5, 5.41) is 23.1. The highest BCUT2D eigenvalue weighted by Crippen LogP contribution is 2.35. The lowest BCUT2D eigenvalue weighted by molar-refractivity contribution is -0.139. The van der Waals surface area contributed by atoms with Crippen molar-refractivity contribution in [2.24, 2.45) is 17.8 Å². The molecule has 3 aliphatic rings. The molecule has 41 heavy (non-hydrogen) atoms. The van der Waals surface area contributed by atoms with Gasteiger partial charge in [0.15, 0.2) is 0 Å². The van der Waals surface area contributed by atoms with Crippen LogP contribution in [-0.2, 0) is 16.0 Å². The predicted octanol–water partition coefficient (Wildman–Crippen LogP) is 5.34. The minimum absolute atomic E-state index is 0.270. The first kappa shape index (κ1) is 31.6. The van der Waals surface area contributed by atoms with Crippen molar-refractivity contribution >= 4 is 34.6 Å². The van der Waals surface area contributed by atoms with Gasteiger partial charge in [0.05, 0.1) is 12.6 Å². The van der Waals surface area contributed by atoms with Crippen LogP contribution < -0.4 is 10.1 Å². The van der Waals surface area contributed by atoms with Crippen LogP contribution in [-0.4, -0.2) is 82.9 Å². The van der Waals surface area contributed by atoms with Crippen LogP contribution in [0.4, 0.5) is 0 Å². The molecular formula is C32H47N3O5S. The summed E-state index contributed by atoms with van der Waals surface area (Å²) in [5.74, 6) is 1.86. The fourth-order valence-electron chi connectivity index (χ4n) is 6.21. The third-order valence-electron chi connectivity index (χ3n) is 8.62. The lowest BCUT2D eigenvalue weighted by atomic mass is 9.80. The molecule has 226 valence electrons. The van der Waals surface area contributed by atoms with E-state index in [9.17, 15) is 14.7 Å². The maximum Gasteiger partial charge on any atom is 0.303 e. The number of aromatic nitrogens is 1. The lowest BCUT2D eigenvalue weighted by Gasteiger charge is -2.38. The Bertz CT molecular complexity index is 1120. The molecule has 3 heterocycles. The van der Waals surface area contributed by atoms with Gasteiger partial charge < -0.3 is 25.2 Å². The number of methoxy groups -OCH3 is 1. The smallest absolute Gasteiger partial charge is 0.303 e. The van der Waals surface area contributed by atoms with Gasteiger partial charge in [0.2, 0.25) is 0 Å². The van der Waals surface area contributed by atoms with E-state index >= 15 is 0 Å². The number of rotatable bonds is 13. The first-order chi connectivity index (χ1) is 19.9. The highest BCUT2D eigenvalue weighted by molar-refractivity contribution is 8.00. The number of aliphatic carboxylic acids is 2. The van der Waals surface area contributed by atoms with E-state index < -0.39 is 11.9 Å². The Morgan fingerprint density at radius 1 is 1.10 bits per heavy atom. The van der Waals surface area contributed by atoms with Gasteiger partial charge in [-0.1, -0.05) is 0 Å². The third-order valence-corrected chi connectivity index (χ3v) is 9.98. The van der Waals surface area contributed by atoms with Crippen LogP contribution in [0.2, 0.25) is 0 Å². The molecule has 0 amide bonds. The molecule has 3 atom stereocenters. The summed E-state index contributed by atoms with van der Waals surface area (Å²) in [5.41, 5.74) is 2.30. The number of nitrogens with one attached hydrogen (secondary N) is 1. The molecule has 0 spiro atoms. The lowest BCUT2D eigenvalue weighted by Crippen LogP contribution is -2.42. The van der Waals surface area contributed by atoms with Crippen molar-refractivity contribution in [3.63, 3.8) is 0 Å². The van der Waals surface area contributed by atoms with Crippen LogP contribution in [0.1, 0.15) is 63.4 Å². The van der Waals surface area contributed by atoms with E-state index in [-0.39, 0.29) is 5.92 Å². The molecule has 0 bridgehead atoms. The standard InChI is InChI=1S/C25H34N2O3S.C7H13NO2/c1-30-21-5-8-24-23(16-21)19(9-11-26-24)4-2-3-18-10-12-27(13-14-31-22-6-7-22)17-20(18)15-25(28)29;9-7(10)4-6-2-1-3-8-5-6/h5,8-9,11,16,18,20,22H,2-4,6-7,10,12-15,17H2,1H3,(H,28,29);6,8H,1-5H2,(H,9,10)/t18-,20+;/m1./s1. The molecule has 5 rings (SSSR count). The Morgan fingerprint density at radius 2 is 1.93 bits per heavy atom. The molecule has 1 aromatic carbocycles. The van der Waals surface area contributed by atoms with Crippen molar-refractivity contribution in [2.45, 2.75) is 69.5 Å². The maximum absolute atomic E-state index is 11.5. The number of carboxylic acid groups (broad SMARTS) is 2. The van der Waals surface area contributed by atoms with Crippen molar-refractivity contribution in [2.75, 3.05) is 45.6 Å². The summed E-state index contributed by atoms with van der Waals surface area (Å²) in [7, 11) is 1.69. The Kier molecular flexibility index (Phi) is 12.6. The highest BCUT2D eigenvalue weighted by atomic mass is 32.2. The normalized spacial score (nSPS) is 23.0. The number of carbonyl (C=O) groups is 2. The molecule has 1 aliphatic carbocycles. The molecule has 2 aliphatic heterocycles. The van der Waals surface area contributed by atoms with Crippen LogP contribution in [0.5, 0.6) is 5.75 Å². The number of thioether (sulfide) groups is 1. The zero-order valence-corrected chi connectivity index (χ0v) is 25.2. The molecule has 1 unspecified atom stereocenters. The number of hydrogen-bond acceptors (Lipinski definition) is 7. The number of nitrogens with zero attached hydrogens (tertiary/aromatic N) is 2. The fraction of sp³-hybridized carbons (Fsp3) is 0.656. The zero-order chi connectivity index (χ0) is 29.0. The van der Waals surface area contributed by atoms with Gasteiger partial charge in [-0.15, -0.1) is 0 Å². The van der Waals surface area contributed by atoms with E-state index in [0.717, 1.165) is 93.2 Å². The van der Waals surface area contributed by atoms with Crippen LogP contribution in [0, 0.1) is 17.8 Å². The first-order valence-corrected chi connectivity index (χ1v) is 16.4. The van der Waals surface area contributed by atoms with Gasteiger partial charge in [-0.25, -0.2) is 0 Å². The average molecular weight is 586 g/mol. The molecule has 2 aromatic rings. The Labute approximate surface area is 248 Å². The highest BCUT2D eigenvalue weighted by Gasteiger charge is 2.31. The molecule has 2 saturated heterocycles. The molecular weight excluding hydrogens is 538 g/mol.